The lowest BCUT2D eigenvalue weighted by Crippen LogP contribution is -2.37. The fraction of sp³-hybridized carbons (Fsp3) is 0.304. The summed E-state index contributed by atoms with van der Waals surface area (Å²) in [5.41, 5.74) is 1.84. The Morgan fingerprint density at radius 1 is 1.23 bits per heavy atom. The van der Waals surface area contributed by atoms with Crippen molar-refractivity contribution in [1.29, 1.82) is 0 Å². The number of aliphatic imine (C=N–C) groups is 1. The van der Waals surface area contributed by atoms with E-state index < -0.39 is 10.0 Å². The molecule has 9 nitrogen and oxygen atoms in total. The van der Waals surface area contributed by atoms with Crippen LogP contribution < -0.4 is 4.31 Å². The second-order valence-corrected chi connectivity index (χ2v) is 12.0. The number of hydrogen-bond acceptors (Lipinski definition) is 8. The van der Waals surface area contributed by atoms with Gasteiger partial charge in [-0.05, 0) is 23.6 Å². The first-order valence-electron chi connectivity index (χ1n) is 10.9. The Balaban J connectivity index is 1.55. The molecule has 0 saturated heterocycles. The number of carbonyl (C=O) groups excluding carboxylic acids is 1. The number of thiophene rings is 1. The lowest BCUT2D eigenvalue weighted by Gasteiger charge is -2.21. The number of amides is 1. The molecule has 12 heteroatoms. The van der Waals surface area contributed by atoms with Crippen molar-refractivity contribution in [2.24, 2.45) is 4.99 Å². The molecule has 0 aliphatic carbocycles. The van der Waals surface area contributed by atoms with E-state index in [4.69, 9.17) is 10.2 Å². The van der Waals surface area contributed by atoms with Crippen molar-refractivity contribution in [1.82, 2.24) is 9.88 Å². The number of aromatic nitrogens is 1. The van der Waals surface area contributed by atoms with Crippen LogP contribution in [-0.2, 0) is 14.8 Å². The number of aliphatic hydroxyl groups is 2. The smallest absolute Gasteiger partial charge is 0.277 e. The molecule has 1 aromatic carbocycles. The molecule has 2 aromatic heterocycles. The summed E-state index contributed by atoms with van der Waals surface area (Å²) in [5.74, 6) is -0.138. The van der Waals surface area contributed by atoms with Gasteiger partial charge in [-0.25, -0.2) is 4.31 Å². The number of aromatic amines is 1. The van der Waals surface area contributed by atoms with Crippen molar-refractivity contribution in [3.05, 3.63) is 60.3 Å². The highest BCUT2D eigenvalue weighted by molar-refractivity contribution is 8.15. The van der Waals surface area contributed by atoms with Crippen LogP contribution in [0.4, 0.5) is 5.69 Å². The molecule has 0 bridgehead atoms. The molecule has 3 heterocycles. The minimum absolute atomic E-state index is 0.0628. The first kappa shape index (κ1) is 25.5. The summed E-state index contributed by atoms with van der Waals surface area (Å²) in [6.07, 6.45) is 1.53. The summed E-state index contributed by atoms with van der Waals surface area (Å²) in [6.45, 7) is 4.24. The van der Waals surface area contributed by atoms with Crippen molar-refractivity contribution >= 4 is 60.7 Å². The maximum absolute atomic E-state index is 13.2. The number of hydrogen-bond donors (Lipinski definition) is 3. The molecular formula is C23H26N4O5S3. The molecule has 0 radical (unpaired) electrons. The van der Waals surface area contributed by atoms with Gasteiger partial charge in [0.1, 0.15) is 9.25 Å². The summed E-state index contributed by atoms with van der Waals surface area (Å²) in [5, 5.41) is 21.5. The van der Waals surface area contributed by atoms with Gasteiger partial charge in [0, 0.05) is 36.3 Å². The number of nitrogens with one attached hydrogen (secondary N) is 1. The van der Waals surface area contributed by atoms with Crippen molar-refractivity contribution in [3.8, 4) is 0 Å². The SMILES string of the molecule is C=CN(c1cccc2cc(C3=NCC(CC(=O)N(CCO)CCO)S3)[nH]c12)S(=O)(=O)c1cccs1. The molecule has 0 fully saturated rings. The van der Waals surface area contributed by atoms with Gasteiger partial charge in [-0.3, -0.25) is 9.79 Å². The topological polar surface area (TPSA) is 126 Å². The van der Waals surface area contributed by atoms with Gasteiger partial charge in [0.25, 0.3) is 10.0 Å². The molecule has 1 amide bonds. The molecule has 186 valence electrons. The van der Waals surface area contributed by atoms with Gasteiger partial charge in [-0.15, -0.1) is 11.3 Å². The van der Waals surface area contributed by atoms with Gasteiger partial charge in [-0.1, -0.05) is 36.5 Å². The molecule has 3 aromatic rings. The quantitative estimate of drug-likeness (QED) is 0.347. The number of fused-ring (bicyclic) bond motifs is 1. The Morgan fingerprint density at radius 3 is 2.66 bits per heavy atom. The van der Waals surface area contributed by atoms with Gasteiger partial charge >= 0.3 is 0 Å². The molecule has 0 spiro atoms. The zero-order valence-corrected chi connectivity index (χ0v) is 21.3. The molecule has 1 atom stereocenters. The number of thioether (sulfide) groups is 1. The molecule has 0 saturated carbocycles. The van der Waals surface area contributed by atoms with Gasteiger partial charge in [0.2, 0.25) is 5.91 Å². The Kier molecular flexibility index (Phi) is 7.97. The summed E-state index contributed by atoms with van der Waals surface area (Å²) in [4.78, 5) is 21.9. The number of rotatable bonds is 11. The van der Waals surface area contributed by atoms with E-state index in [2.05, 4.69) is 16.6 Å². The Labute approximate surface area is 211 Å². The maximum Gasteiger partial charge on any atom is 0.277 e. The normalized spacial score (nSPS) is 15.8. The number of carbonyl (C=O) groups is 1. The van der Waals surface area contributed by atoms with Crippen LogP contribution in [0.3, 0.4) is 0 Å². The van der Waals surface area contributed by atoms with Crippen LogP contribution in [-0.4, -0.2) is 77.6 Å². The minimum atomic E-state index is -3.80. The number of para-hydroxylation sites is 1. The zero-order chi connectivity index (χ0) is 25.0. The van der Waals surface area contributed by atoms with E-state index in [0.29, 0.717) is 17.7 Å². The van der Waals surface area contributed by atoms with Crippen LogP contribution >= 0.6 is 23.1 Å². The van der Waals surface area contributed by atoms with Crippen molar-refractivity contribution < 1.29 is 23.4 Å². The zero-order valence-electron chi connectivity index (χ0n) is 18.8. The number of H-pyrrole nitrogens is 1. The van der Waals surface area contributed by atoms with E-state index in [1.807, 2.05) is 12.1 Å². The first-order chi connectivity index (χ1) is 16.9. The van der Waals surface area contributed by atoms with Gasteiger partial charge < -0.3 is 20.1 Å². The van der Waals surface area contributed by atoms with Crippen LogP contribution in [0.2, 0.25) is 0 Å². The first-order valence-corrected chi connectivity index (χ1v) is 14.1. The molecule has 1 aliphatic rings. The predicted molar refractivity (Wildman–Crippen MR) is 141 cm³/mol. The standard InChI is InChI=1S/C23H26N4O5S3/c1-2-27(35(31,32)21-7-4-12-33-21)19-6-3-5-16-13-18(25-22(16)19)23-24-15-17(34-23)14-20(30)26(8-10-28)9-11-29/h2-7,12-13,17,25,28-29H,1,8-11,14-15H2. The minimum Gasteiger partial charge on any atom is -0.395 e. The average Bonchev–Trinajstić information content (AvgIpc) is 3.59. The Bertz CT molecular complexity index is 1330. The van der Waals surface area contributed by atoms with Crippen LogP contribution in [0.1, 0.15) is 12.1 Å². The highest BCUT2D eigenvalue weighted by Crippen LogP contribution is 2.35. The van der Waals surface area contributed by atoms with E-state index >= 15 is 0 Å². The predicted octanol–water partition coefficient (Wildman–Crippen LogP) is 2.63. The lowest BCUT2D eigenvalue weighted by atomic mass is 10.2. The molecular weight excluding hydrogens is 508 g/mol. The third-order valence-corrected chi connectivity index (χ3v) is 9.80. The lowest BCUT2D eigenvalue weighted by molar-refractivity contribution is -0.132. The molecule has 35 heavy (non-hydrogen) atoms. The van der Waals surface area contributed by atoms with E-state index in [1.165, 1.54) is 27.2 Å². The van der Waals surface area contributed by atoms with Crippen molar-refractivity contribution in [2.45, 2.75) is 15.9 Å². The maximum atomic E-state index is 13.2. The molecule has 1 unspecified atom stereocenters. The van der Waals surface area contributed by atoms with E-state index in [0.717, 1.165) is 27.5 Å². The Hall–Kier alpha value is -2.64. The highest BCUT2D eigenvalue weighted by Gasteiger charge is 2.28. The summed E-state index contributed by atoms with van der Waals surface area (Å²) in [6, 6.07) is 10.6. The fourth-order valence-corrected chi connectivity index (χ4v) is 7.34. The van der Waals surface area contributed by atoms with Crippen molar-refractivity contribution in [2.75, 3.05) is 37.2 Å². The van der Waals surface area contributed by atoms with Crippen LogP contribution in [0.15, 0.2) is 63.8 Å². The van der Waals surface area contributed by atoms with Gasteiger partial charge in [0.05, 0.1) is 36.7 Å². The average molecular weight is 535 g/mol. The van der Waals surface area contributed by atoms with E-state index in [1.54, 1.807) is 29.6 Å². The summed E-state index contributed by atoms with van der Waals surface area (Å²) < 4.78 is 27.8. The monoisotopic (exact) mass is 534 g/mol. The van der Waals surface area contributed by atoms with Gasteiger partial charge in [-0.2, -0.15) is 8.42 Å². The second-order valence-electron chi connectivity index (χ2n) is 7.76. The van der Waals surface area contributed by atoms with Crippen molar-refractivity contribution in [3.63, 3.8) is 0 Å². The van der Waals surface area contributed by atoms with Crippen LogP contribution in [0, 0.1) is 0 Å². The molecule has 4 rings (SSSR count). The highest BCUT2D eigenvalue weighted by atomic mass is 32.2. The summed E-state index contributed by atoms with van der Waals surface area (Å²) in [7, 11) is -3.80. The third kappa shape index (κ3) is 5.31. The third-order valence-electron chi connectivity index (χ3n) is 5.49. The number of sulfonamides is 1. The van der Waals surface area contributed by atoms with E-state index in [9.17, 15) is 13.2 Å². The molecule has 3 N–H and O–H groups in total. The fourth-order valence-electron chi connectivity index (χ4n) is 3.87. The van der Waals surface area contributed by atoms with Crippen LogP contribution in [0.5, 0.6) is 0 Å². The Morgan fingerprint density at radius 2 is 2.00 bits per heavy atom. The largest absolute Gasteiger partial charge is 0.395 e. The summed E-state index contributed by atoms with van der Waals surface area (Å²) >= 11 is 2.62. The number of aliphatic hydroxyl groups excluding tert-OH is 2. The number of nitrogens with zero attached hydrogens (tertiary/aromatic N) is 3. The van der Waals surface area contributed by atoms with E-state index in [-0.39, 0.29) is 48.1 Å². The number of benzene rings is 1. The number of anilines is 1. The van der Waals surface area contributed by atoms with Crippen LogP contribution in [0.25, 0.3) is 10.9 Å². The molecule has 1 aliphatic heterocycles. The van der Waals surface area contributed by atoms with Gasteiger partial charge in [0.15, 0.2) is 0 Å². The second kappa shape index (κ2) is 11.0.